The summed E-state index contributed by atoms with van der Waals surface area (Å²) in [5, 5.41) is 0.0447. The van der Waals surface area contributed by atoms with Gasteiger partial charge in [-0.2, -0.15) is 0 Å². The molecule has 21 heavy (non-hydrogen) atoms. The summed E-state index contributed by atoms with van der Waals surface area (Å²) in [6.07, 6.45) is 3.10. The normalized spacial score (nSPS) is 13.1. The molecule has 0 aliphatic heterocycles. The Kier molecular flexibility index (Phi) is 4.46. The van der Waals surface area contributed by atoms with Crippen LogP contribution in [-0.4, -0.2) is 13.4 Å². The summed E-state index contributed by atoms with van der Waals surface area (Å²) in [4.78, 5) is 3.32. The number of aromatic nitrogens is 1. The number of nitrogen functional groups attached to an aromatic ring is 1. The second-order valence-corrected chi connectivity index (χ2v) is 6.56. The van der Waals surface area contributed by atoms with Crippen molar-refractivity contribution >= 4 is 27.3 Å². The first-order valence-corrected chi connectivity index (χ1v) is 7.84. The Morgan fingerprint density at radius 3 is 2.76 bits per heavy atom. The smallest absolute Gasteiger partial charge is 0.244 e. The third-order valence-corrected chi connectivity index (χ3v) is 4.60. The summed E-state index contributed by atoms with van der Waals surface area (Å²) >= 11 is 5.73. The van der Waals surface area contributed by atoms with E-state index in [4.69, 9.17) is 17.3 Å². The Morgan fingerprint density at radius 2 is 2.14 bits per heavy atom. The van der Waals surface area contributed by atoms with Crippen LogP contribution in [0.25, 0.3) is 0 Å². The number of rotatable bonds is 4. The summed E-state index contributed by atoms with van der Waals surface area (Å²) in [6, 6.07) is 4.98. The summed E-state index contributed by atoms with van der Waals surface area (Å²) < 4.78 is 40.8. The summed E-state index contributed by atoms with van der Waals surface area (Å²) in [5.74, 6) is -1.02. The van der Waals surface area contributed by atoms with Crippen molar-refractivity contribution in [3.63, 3.8) is 0 Å². The van der Waals surface area contributed by atoms with Crippen molar-refractivity contribution in [2.75, 3.05) is 5.73 Å². The van der Waals surface area contributed by atoms with Gasteiger partial charge >= 0.3 is 0 Å². The van der Waals surface area contributed by atoms with Crippen LogP contribution in [0.15, 0.2) is 41.6 Å². The zero-order valence-electron chi connectivity index (χ0n) is 11.0. The fourth-order valence-electron chi connectivity index (χ4n) is 1.78. The van der Waals surface area contributed by atoms with E-state index in [2.05, 4.69) is 9.71 Å². The molecule has 0 aliphatic rings. The largest absolute Gasteiger partial charge is 0.396 e. The Morgan fingerprint density at radius 1 is 1.43 bits per heavy atom. The van der Waals surface area contributed by atoms with Crippen LogP contribution in [-0.2, 0) is 10.0 Å². The first kappa shape index (κ1) is 15.7. The third-order valence-electron chi connectivity index (χ3n) is 2.84. The third kappa shape index (κ3) is 3.49. The molecule has 5 nitrogen and oxygen atoms in total. The second-order valence-electron chi connectivity index (χ2n) is 4.44. The number of halogens is 2. The van der Waals surface area contributed by atoms with E-state index in [-0.39, 0.29) is 10.7 Å². The van der Waals surface area contributed by atoms with Crippen molar-refractivity contribution in [2.24, 2.45) is 0 Å². The first-order chi connectivity index (χ1) is 9.81. The highest BCUT2D eigenvalue weighted by atomic mass is 35.5. The number of hydrogen-bond acceptors (Lipinski definition) is 4. The van der Waals surface area contributed by atoms with Crippen LogP contribution in [0.1, 0.15) is 18.5 Å². The predicted molar refractivity (Wildman–Crippen MR) is 78.8 cm³/mol. The first-order valence-electron chi connectivity index (χ1n) is 5.98. The van der Waals surface area contributed by atoms with E-state index < -0.39 is 26.8 Å². The highest BCUT2D eigenvalue weighted by Gasteiger charge is 2.24. The molecule has 112 valence electrons. The Hall–Kier alpha value is -1.70. The average Bonchev–Trinajstić information content (AvgIpc) is 2.43. The van der Waals surface area contributed by atoms with Gasteiger partial charge in [-0.05, 0) is 30.7 Å². The topological polar surface area (TPSA) is 85.1 Å². The van der Waals surface area contributed by atoms with E-state index in [0.29, 0.717) is 5.56 Å². The molecule has 0 amide bonds. The van der Waals surface area contributed by atoms with E-state index in [1.165, 1.54) is 6.20 Å². The van der Waals surface area contributed by atoms with Crippen LogP contribution in [0.5, 0.6) is 0 Å². The van der Waals surface area contributed by atoms with Gasteiger partial charge in [-0.1, -0.05) is 17.7 Å². The van der Waals surface area contributed by atoms with Crippen LogP contribution in [0.3, 0.4) is 0 Å². The van der Waals surface area contributed by atoms with Crippen LogP contribution < -0.4 is 10.5 Å². The number of pyridine rings is 1. The van der Waals surface area contributed by atoms with Crippen molar-refractivity contribution in [1.82, 2.24) is 9.71 Å². The molecule has 1 heterocycles. The molecule has 0 fully saturated rings. The van der Waals surface area contributed by atoms with Crippen molar-refractivity contribution in [2.45, 2.75) is 17.9 Å². The summed E-state index contributed by atoms with van der Waals surface area (Å²) in [7, 11) is -4.10. The lowest BCUT2D eigenvalue weighted by Crippen LogP contribution is -2.28. The van der Waals surface area contributed by atoms with Gasteiger partial charge in [0.25, 0.3) is 0 Å². The zero-order valence-corrected chi connectivity index (χ0v) is 12.6. The van der Waals surface area contributed by atoms with E-state index in [0.717, 1.165) is 12.1 Å². The molecular weight excluding hydrogens is 317 g/mol. The number of nitrogens with two attached hydrogens (primary N) is 1. The molecular formula is C13H13ClFN3O2S. The quantitative estimate of drug-likeness (QED) is 0.844. The lowest BCUT2D eigenvalue weighted by atomic mass is 10.2. The Bertz CT molecular complexity index is 754. The highest BCUT2D eigenvalue weighted by Crippen LogP contribution is 2.26. The molecule has 1 aromatic heterocycles. The predicted octanol–water partition coefficient (Wildman–Crippen LogP) is 2.50. The maximum atomic E-state index is 13.9. The van der Waals surface area contributed by atoms with Gasteiger partial charge in [0.1, 0.15) is 4.90 Å². The molecule has 0 aliphatic carbocycles. The minimum Gasteiger partial charge on any atom is -0.396 e. The van der Waals surface area contributed by atoms with Gasteiger partial charge in [-0.3, -0.25) is 4.98 Å². The summed E-state index contributed by atoms with van der Waals surface area (Å²) in [6.45, 7) is 1.63. The monoisotopic (exact) mass is 329 g/mol. The van der Waals surface area contributed by atoms with Gasteiger partial charge in [0.05, 0.1) is 5.69 Å². The Balaban J connectivity index is 2.35. The number of anilines is 1. The molecule has 1 atom stereocenters. The molecule has 2 aromatic rings. The van der Waals surface area contributed by atoms with Gasteiger partial charge in [0.15, 0.2) is 5.82 Å². The van der Waals surface area contributed by atoms with Gasteiger partial charge in [0, 0.05) is 23.5 Å². The van der Waals surface area contributed by atoms with E-state index in [9.17, 15) is 12.8 Å². The fraction of sp³-hybridized carbons (Fsp3) is 0.154. The average molecular weight is 330 g/mol. The maximum Gasteiger partial charge on any atom is 0.244 e. The van der Waals surface area contributed by atoms with Crippen LogP contribution in [0, 0.1) is 5.82 Å². The molecule has 0 bridgehead atoms. The van der Waals surface area contributed by atoms with E-state index >= 15 is 0 Å². The standard InChI is InChI=1S/C13H13ClFN3O2S/c1-8(9-3-2-4-17-7-9)18-21(19,20)12-6-10(14)5-11(16)13(12)15/h2-8,18H,16H2,1H3. The van der Waals surface area contributed by atoms with Crippen LogP contribution >= 0.6 is 11.6 Å². The van der Waals surface area contributed by atoms with Gasteiger partial charge in [-0.15, -0.1) is 0 Å². The SMILES string of the molecule is CC(NS(=O)(=O)c1cc(Cl)cc(N)c1F)c1cccnc1. The van der Waals surface area contributed by atoms with E-state index in [1.807, 2.05) is 0 Å². The number of benzene rings is 1. The summed E-state index contributed by atoms with van der Waals surface area (Å²) in [5.41, 5.74) is 5.73. The number of nitrogens with zero attached hydrogens (tertiary/aromatic N) is 1. The lowest BCUT2D eigenvalue weighted by Gasteiger charge is -2.15. The van der Waals surface area contributed by atoms with Gasteiger partial charge < -0.3 is 5.73 Å². The van der Waals surface area contributed by atoms with Crippen molar-refractivity contribution in [3.8, 4) is 0 Å². The Labute approximate surface area is 127 Å². The van der Waals surface area contributed by atoms with Crippen molar-refractivity contribution < 1.29 is 12.8 Å². The molecule has 1 aromatic carbocycles. The molecule has 1 unspecified atom stereocenters. The number of hydrogen-bond donors (Lipinski definition) is 2. The fourth-order valence-corrected chi connectivity index (χ4v) is 3.43. The molecule has 3 N–H and O–H groups in total. The molecule has 0 saturated carbocycles. The highest BCUT2D eigenvalue weighted by molar-refractivity contribution is 7.89. The lowest BCUT2D eigenvalue weighted by molar-refractivity contribution is 0.548. The van der Waals surface area contributed by atoms with Crippen molar-refractivity contribution in [3.05, 3.63) is 53.1 Å². The van der Waals surface area contributed by atoms with Crippen LogP contribution in [0.2, 0.25) is 5.02 Å². The van der Waals surface area contributed by atoms with Crippen LogP contribution in [0.4, 0.5) is 10.1 Å². The van der Waals surface area contributed by atoms with E-state index in [1.54, 1.807) is 25.3 Å². The molecule has 2 rings (SSSR count). The molecule has 0 spiro atoms. The molecule has 0 saturated heterocycles. The van der Waals surface area contributed by atoms with Gasteiger partial charge in [0.2, 0.25) is 10.0 Å². The molecule has 8 heteroatoms. The molecule has 0 radical (unpaired) electrons. The van der Waals surface area contributed by atoms with Gasteiger partial charge in [-0.25, -0.2) is 17.5 Å². The second kappa shape index (κ2) is 5.97. The number of sulfonamides is 1. The maximum absolute atomic E-state index is 13.9. The minimum absolute atomic E-state index is 0.0447. The number of nitrogens with one attached hydrogen (secondary N) is 1. The zero-order chi connectivity index (χ0) is 15.6. The minimum atomic E-state index is -4.10. The van der Waals surface area contributed by atoms with Crippen molar-refractivity contribution in [1.29, 1.82) is 0 Å².